The number of carbonyl (C=O) groups excluding carboxylic acids is 1. The first-order valence-electron chi connectivity index (χ1n) is 10.5. The fourth-order valence-corrected chi connectivity index (χ4v) is 3.95. The van der Waals surface area contributed by atoms with Gasteiger partial charge in [0.25, 0.3) is 5.56 Å². The molecule has 0 spiro atoms. The Labute approximate surface area is 178 Å². The van der Waals surface area contributed by atoms with Crippen molar-refractivity contribution in [3.63, 3.8) is 0 Å². The smallest absolute Gasteiger partial charge is 0.377 e. The van der Waals surface area contributed by atoms with Crippen LogP contribution in [-0.2, 0) is 16.1 Å². The van der Waals surface area contributed by atoms with E-state index in [1.54, 1.807) is 6.92 Å². The number of anilines is 2. The van der Waals surface area contributed by atoms with E-state index in [9.17, 15) is 27.2 Å². The molecule has 1 unspecified atom stereocenters. The third-order valence-corrected chi connectivity index (χ3v) is 5.70. The Kier molecular flexibility index (Phi) is 6.92. The van der Waals surface area contributed by atoms with E-state index in [1.165, 1.54) is 4.90 Å². The summed E-state index contributed by atoms with van der Waals surface area (Å²) in [7, 11) is 0. The lowest BCUT2D eigenvalue weighted by Gasteiger charge is -2.40. The van der Waals surface area contributed by atoms with Crippen LogP contribution in [0.3, 0.4) is 0 Å². The van der Waals surface area contributed by atoms with E-state index in [4.69, 9.17) is 4.74 Å². The second-order valence-electron chi connectivity index (χ2n) is 8.57. The Morgan fingerprint density at radius 1 is 1.29 bits per heavy atom. The number of fused-ring (bicyclic) bond motifs is 1. The molecule has 0 aromatic carbocycles. The Balaban J connectivity index is 2.04. The number of rotatable bonds is 6. The third kappa shape index (κ3) is 5.02. The maximum absolute atomic E-state index is 14.9. The molecule has 3 heterocycles. The molecule has 0 aliphatic carbocycles. The maximum Gasteiger partial charge on any atom is 0.408 e. The van der Waals surface area contributed by atoms with Gasteiger partial charge in [0.15, 0.2) is 11.6 Å². The average molecular weight is 448 g/mol. The highest BCUT2D eigenvalue weighted by molar-refractivity contribution is 5.83. The number of carbonyl (C=O) groups is 1. The highest BCUT2D eigenvalue weighted by atomic mass is 19.4. The first kappa shape index (κ1) is 23.5. The summed E-state index contributed by atoms with van der Waals surface area (Å²) in [4.78, 5) is 31.7. The minimum Gasteiger partial charge on any atom is -0.377 e. The molecule has 0 radical (unpaired) electrons. The van der Waals surface area contributed by atoms with Gasteiger partial charge in [-0.15, -0.1) is 0 Å². The first-order chi connectivity index (χ1) is 14.5. The molecule has 3 rings (SSSR count). The van der Waals surface area contributed by atoms with Gasteiger partial charge in [-0.25, -0.2) is 0 Å². The summed E-state index contributed by atoms with van der Waals surface area (Å²) in [5.74, 6) is -1.87. The zero-order chi connectivity index (χ0) is 22.9. The third-order valence-electron chi connectivity index (χ3n) is 5.70. The van der Waals surface area contributed by atoms with E-state index in [-0.39, 0.29) is 62.2 Å². The van der Waals surface area contributed by atoms with Crippen LogP contribution in [0.1, 0.15) is 40.0 Å². The molecule has 2 aliphatic heterocycles. The number of aromatic nitrogens is 2. The predicted molar refractivity (Wildman–Crippen MR) is 107 cm³/mol. The Morgan fingerprint density at radius 3 is 2.61 bits per heavy atom. The maximum atomic E-state index is 14.9. The first-order valence-corrected chi connectivity index (χ1v) is 10.5. The van der Waals surface area contributed by atoms with Gasteiger partial charge in [-0.2, -0.15) is 22.5 Å². The summed E-state index contributed by atoms with van der Waals surface area (Å²) in [6, 6.07) is -2.27. The number of Topliss-reactive ketones (excluding diaryl/α,β-unsaturated/α-hetero) is 1. The van der Waals surface area contributed by atoms with Crippen LogP contribution in [0.5, 0.6) is 0 Å². The number of morpholine rings is 1. The lowest BCUT2D eigenvalue weighted by Crippen LogP contribution is -2.55. The number of nitrogens with zero attached hydrogens (tertiary/aromatic N) is 4. The second kappa shape index (κ2) is 9.13. The van der Waals surface area contributed by atoms with Crippen molar-refractivity contribution in [3.05, 3.63) is 16.2 Å². The summed E-state index contributed by atoms with van der Waals surface area (Å²) in [6.07, 6.45) is -4.41. The topological polar surface area (TPSA) is 67.7 Å². The van der Waals surface area contributed by atoms with Gasteiger partial charge in [-0.3, -0.25) is 14.2 Å². The molecule has 11 heteroatoms. The molecule has 2 atom stereocenters. The summed E-state index contributed by atoms with van der Waals surface area (Å²) >= 11 is 0. The molecule has 174 valence electrons. The number of ether oxygens (including phenoxy) is 1. The molecule has 0 saturated carbocycles. The molecule has 2 aliphatic rings. The molecule has 31 heavy (non-hydrogen) atoms. The Hall–Kier alpha value is -2.17. The highest BCUT2D eigenvalue weighted by Gasteiger charge is 2.47. The van der Waals surface area contributed by atoms with Gasteiger partial charge < -0.3 is 14.5 Å². The van der Waals surface area contributed by atoms with E-state index >= 15 is 0 Å². The van der Waals surface area contributed by atoms with Gasteiger partial charge in [0.05, 0.1) is 25.8 Å². The van der Waals surface area contributed by atoms with Gasteiger partial charge in [0.1, 0.15) is 6.04 Å². The van der Waals surface area contributed by atoms with Gasteiger partial charge in [-0.05, 0) is 25.7 Å². The van der Waals surface area contributed by atoms with Crippen LogP contribution in [0.4, 0.5) is 29.3 Å². The van der Waals surface area contributed by atoms with Crippen molar-refractivity contribution in [2.75, 3.05) is 36.1 Å². The summed E-state index contributed by atoms with van der Waals surface area (Å²) in [5, 5.41) is 0. The molecule has 1 aromatic heterocycles. The Bertz CT molecular complexity index is 871. The van der Waals surface area contributed by atoms with Crippen molar-refractivity contribution < 1.29 is 27.1 Å². The molecule has 0 bridgehead atoms. The van der Waals surface area contributed by atoms with Crippen molar-refractivity contribution in [3.8, 4) is 0 Å². The normalized spacial score (nSPS) is 22.1. The van der Waals surface area contributed by atoms with Gasteiger partial charge in [0.2, 0.25) is 11.8 Å². The molecule has 0 amide bonds. The lowest BCUT2D eigenvalue weighted by atomic mass is 10.0. The predicted octanol–water partition coefficient (Wildman–Crippen LogP) is 2.75. The van der Waals surface area contributed by atoms with Crippen molar-refractivity contribution in [1.29, 1.82) is 0 Å². The largest absolute Gasteiger partial charge is 0.408 e. The zero-order valence-corrected chi connectivity index (χ0v) is 17.9. The van der Waals surface area contributed by atoms with Crippen LogP contribution in [-0.4, -0.2) is 59.9 Å². The van der Waals surface area contributed by atoms with E-state index in [0.717, 1.165) is 9.47 Å². The summed E-state index contributed by atoms with van der Waals surface area (Å²) in [6.45, 7) is 5.55. The van der Waals surface area contributed by atoms with Crippen LogP contribution < -0.4 is 15.4 Å². The van der Waals surface area contributed by atoms with Crippen LogP contribution in [0.25, 0.3) is 0 Å². The standard InChI is InChI=1S/C20H28F4N4O3/c1-12(2)4-5-14(29)10-28-15(20(22,23)24)6-7-27-18(30)16(21)17(25-19(27)28)26-8-9-31-11-13(26)3/h12-13,15H,4-11H2,1-3H3/t13-,15?/m1/s1. The van der Waals surface area contributed by atoms with Crippen molar-refractivity contribution in [1.82, 2.24) is 9.55 Å². The fourth-order valence-electron chi connectivity index (χ4n) is 3.95. The minimum absolute atomic E-state index is 0.123. The van der Waals surface area contributed by atoms with Crippen LogP contribution >= 0.6 is 0 Å². The van der Waals surface area contributed by atoms with E-state index < -0.39 is 36.6 Å². The molecule has 0 N–H and O–H groups in total. The SMILES string of the molecule is CC(C)CCC(=O)CN1c2nc(N3CCOC[C@H]3C)c(F)c(=O)n2CCC1C(F)(F)F. The number of ketones is 1. The number of halogens is 4. The van der Waals surface area contributed by atoms with Gasteiger partial charge >= 0.3 is 6.18 Å². The van der Waals surface area contributed by atoms with Crippen molar-refractivity contribution >= 4 is 17.5 Å². The summed E-state index contributed by atoms with van der Waals surface area (Å²) < 4.78 is 62.4. The summed E-state index contributed by atoms with van der Waals surface area (Å²) in [5.41, 5.74) is -1.03. The highest BCUT2D eigenvalue weighted by Crippen LogP contribution is 2.35. The van der Waals surface area contributed by atoms with E-state index in [1.807, 2.05) is 13.8 Å². The van der Waals surface area contributed by atoms with Crippen LogP contribution in [0.15, 0.2) is 4.79 Å². The quantitative estimate of drug-likeness (QED) is 0.624. The van der Waals surface area contributed by atoms with Crippen LogP contribution in [0, 0.1) is 11.7 Å². The van der Waals surface area contributed by atoms with E-state index in [0.29, 0.717) is 6.42 Å². The van der Waals surface area contributed by atoms with Gasteiger partial charge in [-0.1, -0.05) is 13.8 Å². The monoisotopic (exact) mass is 448 g/mol. The number of hydrogen-bond donors (Lipinski definition) is 0. The molecule has 7 nitrogen and oxygen atoms in total. The van der Waals surface area contributed by atoms with Gasteiger partial charge in [0, 0.05) is 19.5 Å². The second-order valence-corrected chi connectivity index (χ2v) is 8.57. The molecular formula is C20H28F4N4O3. The average Bonchev–Trinajstić information content (AvgIpc) is 2.69. The molecule has 1 fully saturated rings. The Morgan fingerprint density at radius 2 is 2.00 bits per heavy atom. The number of alkyl halides is 3. The zero-order valence-electron chi connectivity index (χ0n) is 17.9. The van der Waals surface area contributed by atoms with Crippen molar-refractivity contribution in [2.45, 2.75) is 64.8 Å². The van der Waals surface area contributed by atoms with Crippen molar-refractivity contribution in [2.24, 2.45) is 5.92 Å². The van der Waals surface area contributed by atoms with Crippen LogP contribution in [0.2, 0.25) is 0 Å². The molecule has 1 saturated heterocycles. The molecular weight excluding hydrogens is 420 g/mol. The van der Waals surface area contributed by atoms with E-state index in [2.05, 4.69) is 4.98 Å². The molecule has 1 aromatic rings. The lowest BCUT2D eigenvalue weighted by molar-refractivity contribution is -0.153. The fraction of sp³-hybridized carbons (Fsp3) is 0.750. The minimum atomic E-state index is -4.62. The number of hydrogen-bond acceptors (Lipinski definition) is 6.